The van der Waals surface area contributed by atoms with E-state index in [1.54, 1.807) is 0 Å². The van der Waals surface area contributed by atoms with E-state index in [0.717, 1.165) is 21.9 Å². The van der Waals surface area contributed by atoms with Crippen LogP contribution >= 0.6 is 22.7 Å². The van der Waals surface area contributed by atoms with Gasteiger partial charge in [-0.05, 0) is 140 Å². The van der Waals surface area contributed by atoms with Crippen LogP contribution in [-0.2, 0) is 16.2 Å². The van der Waals surface area contributed by atoms with Crippen LogP contribution in [-0.4, -0.2) is 11.4 Å². The molecule has 328 valence electrons. The summed E-state index contributed by atoms with van der Waals surface area (Å²) < 4.78 is 13.3. The van der Waals surface area contributed by atoms with Gasteiger partial charge in [0.05, 0.1) is 11.0 Å². The first-order chi connectivity index (χ1) is 32.8. The van der Waals surface area contributed by atoms with Crippen molar-refractivity contribution in [1.82, 2.24) is 4.57 Å². The second-order valence-corrected chi connectivity index (χ2v) is 24.5. The highest BCUT2D eigenvalue weighted by Crippen LogP contribution is 2.53. The average molecular weight is 913 g/mol. The Bertz CT molecular complexity index is 4190. The summed E-state index contributed by atoms with van der Waals surface area (Å²) in [7, 11) is 0. The van der Waals surface area contributed by atoms with Crippen molar-refractivity contribution in [3.8, 4) is 27.3 Å². The van der Waals surface area contributed by atoms with Gasteiger partial charge in [-0.3, -0.25) is 0 Å². The molecule has 0 unspecified atom stereocenters. The molecule has 0 fully saturated rings. The Morgan fingerprint density at radius 2 is 1.29 bits per heavy atom. The maximum absolute atomic E-state index is 6.61. The predicted octanol–water partition coefficient (Wildman–Crippen LogP) is 16.8. The van der Waals surface area contributed by atoms with Crippen LogP contribution in [0.4, 0.5) is 11.4 Å². The van der Waals surface area contributed by atoms with Gasteiger partial charge in [0, 0.05) is 73.9 Å². The predicted molar refractivity (Wildman–Crippen MR) is 295 cm³/mol. The van der Waals surface area contributed by atoms with Crippen molar-refractivity contribution in [2.24, 2.45) is 0 Å². The number of thiophene rings is 2. The number of furan rings is 1. The molecule has 1 aliphatic carbocycles. The minimum atomic E-state index is -0.0864. The molecule has 68 heavy (non-hydrogen) atoms. The van der Waals surface area contributed by atoms with Crippen LogP contribution in [0.3, 0.4) is 0 Å². The molecule has 3 nitrogen and oxygen atoms in total. The lowest BCUT2D eigenvalue weighted by molar-refractivity contribution is 0.332. The maximum atomic E-state index is 6.61. The molecular formula is C62H49BN2OS2. The summed E-state index contributed by atoms with van der Waals surface area (Å²) in [6, 6.07) is 56.2. The van der Waals surface area contributed by atoms with Gasteiger partial charge in [0.2, 0.25) is 0 Å². The topological polar surface area (TPSA) is 21.3 Å². The first-order valence-corrected chi connectivity index (χ1v) is 25.9. The minimum Gasteiger partial charge on any atom is -0.456 e. The number of aromatic nitrogens is 1. The van der Waals surface area contributed by atoms with Crippen molar-refractivity contribution >= 4 is 126 Å². The third kappa shape index (κ3) is 5.25. The van der Waals surface area contributed by atoms with E-state index in [4.69, 9.17) is 4.42 Å². The fourth-order valence-electron chi connectivity index (χ4n) is 12.6. The highest BCUT2D eigenvalue weighted by molar-refractivity contribution is 7.26. The largest absolute Gasteiger partial charge is 0.456 e. The molecule has 0 spiro atoms. The molecule has 0 atom stereocenters. The molecule has 0 radical (unpaired) electrons. The summed E-state index contributed by atoms with van der Waals surface area (Å²) in [4.78, 5) is 4.01. The maximum Gasteiger partial charge on any atom is 0.333 e. The van der Waals surface area contributed by atoms with E-state index in [2.05, 4.69) is 203 Å². The fraction of sp³-hybridized carbons (Fsp3) is 0.194. The van der Waals surface area contributed by atoms with E-state index in [-0.39, 0.29) is 23.1 Å². The van der Waals surface area contributed by atoms with Crippen LogP contribution < -0.4 is 15.7 Å². The molecule has 2 aliphatic heterocycles. The second kappa shape index (κ2) is 13.1. The molecule has 8 aromatic carbocycles. The molecule has 15 rings (SSSR count). The quantitative estimate of drug-likeness (QED) is 0.161. The first-order valence-electron chi connectivity index (χ1n) is 24.3. The lowest BCUT2D eigenvalue weighted by Crippen LogP contribution is -2.60. The molecule has 12 aromatic rings. The molecular weight excluding hydrogens is 864 g/mol. The Labute approximate surface area is 404 Å². The van der Waals surface area contributed by atoms with E-state index in [0.29, 0.717) is 0 Å². The monoisotopic (exact) mass is 912 g/mol. The highest BCUT2D eigenvalue weighted by atomic mass is 32.1. The summed E-state index contributed by atoms with van der Waals surface area (Å²) >= 11 is 3.87. The van der Waals surface area contributed by atoms with Gasteiger partial charge in [-0.15, -0.1) is 22.7 Å². The van der Waals surface area contributed by atoms with Crippen molar-refractivity contribution in [3.05, 3.63) is 162 Å². The van der Waals surface area contributed by atoms with Crippen molar-refractivity contribution in [3.63, 3.8) is 0 Å². The van der Waals surface area contributed by atoms with Gasteiger partial charge in [-0.25, -0.2) is 0 Å². The second-order valence-electron chi connectivity index (χ2n) is 22.3. The molecule has 0 saturated carbocycles. The van der Waals surface area contributed by atoms with E-state index in [1.807, 2.05) is 22.7 Å². The molecule has 0 bridgehead atoms. The number of nitrogens with zero attached hydrogens (tertiary/aromatic N) is 2. The van der Waals surface area contributed by atoms with E-state index >= 15 is 0 Å². The molecule has 4 aromatic heterocycles. The van der Waals surface area contributed by atoms with E-state index < -0.39 is 0 Å². The summed E-state index contributed by atoms with van der Waals surface area (Å²) in [6.45, 7) is 16.7. The summed E-state index contributed by atoms with van der Waals surface area (Å²) in [5.41, 5.74) is 19.3. The van der Waals surface area contributed by atoms with Crippen LogP contribution in [0.15, 0.2) is 150 Å². The highest BCUT2D eigenvalue weighted by Gasteiger charge is 2.45. The molecule has 3 aliphatic rings. The Balaban J connectivity index is 1.08. The SMILES string of the molecule is CC(C)(C)c1ccc(N2B3c4cc5cc(-c6ccccc6)sc5cc4-n4c5cc6c(cc5c5ccc(c3c54)-c3cc4sc5cc7c(cc5c4cc32)C(C)(C)CCC7(C)C)oc2ccccc26)cc1. The molecule has 6 heterocycles. The Morgan fingerprint density at radius 1 is 0.559 bits per heavy atom. The zero-order valence-electron chi connectivity index (χ0n) is 39.5. The Hall–Kier alpha value is -6.60. The summed E-state index contributed by atoms with van der Waals surface area (Å²) in [5.74, 6) is 0. The third-order valence-corrected chi connectivity index (χ3v) is 18.6. The Morgan fingerprint density at radius 3 is 2.09 bits per heavy atom. The van der Waals surface area contributed by atoms with Gasteiger partial charge >= 0.3 is 6.85 Å². The van der Waals surface area contributed by atoms with Crippen molar-refractivity contribution < 1.29 is 4.42 Å². The average Bonchev–Trinajstić information content (AvgIpc) is 4.10. The minimum absolute atomic E-state index is 0.0320. The van der Waals surface area contributed by atoms with E-state index in [9.17, 15) is 0 Å². The summed E-state index contributed by atoms with van der Waals surface area (Å²) in [5, 5.41) is 8.81. The van der Waals surface area contributed by atoms with Gasteiger partial charge < -0.3 is 13.8 Å². The number of para-hydroxylation sites is 1. The van der Waals surface area contributed by atoms with Crippen LogP contribution in [0.1, 0.15) is 78.0 Å². The van der Waals surface area contributed by atoms with Gasteiger partial charge in [-0.1, -0.05) is 127 Å². The number of hydrogen-bond donors (Lipinski definition) is 0. The van der Waals surface area contributed by atoms with Crippen LogP contribution in [0.25, 0.3) is 101 Å². The fourth-order valence-corrected chi connectivity index (χ4v) is 14.9. The number of rotatable bonds is 2. The Kier molecular flexibility index (Phi) is 7.61. The van der Waals surface area contributed by atoms with Crippen molar-refractivity contribution in [1.29, 1.82) is 0 Å². The van der Waals surface area contributed by atoms with Crippen LogP contribution in [0.5, 0.6) is 0 Å². The van der Waals surface area contributed by atoms with Crippen molar-refractivity contribution in [2.45, 2.75) is 77.6 Å². The normalized spacial score (nSPS) is 15.9. The molecule has 6 heteroatoms. The number of hydrogen-bond acceptors (Lipinski definition) is 4. The molecule has 0 N–H and O–H groups in total. The van der Waals surface area contributed by atoms with Gasteiger partial charge in [-0.2, -0.15) is 0 Å². The zero-order chi connectivity index (χ0) is 45.7. The van der Waals surface area contributed by atoms with Crippen LogP contribution in [0.2, 0.25) is 0 Å². The number of fused-ring (bicyclic) bond motifs is 16. The zero-order valence-corrected chi connectivity index (χ0v) is 41.1. The summed E-state index contributed by atoms with van der Waals surface area (Å²) in [6.07, 6.45) is 2.41. The van der Waals surface area contributed by atoms with Gasteiger partial charge in [0.15, 0.2) is 0 Å². The standard InChI is InChI=1S/C62H49BN2OS2/c1-60(2,3)36-17-19-37(20-18-36)65-50-29-45-44-27-46-47(62(6,7)24-23-61(46,4)5)32-57(44)68-56(45)31-42(50)39-21-22-40-41-30-53-43(38-15-11-12-16-52(38)66-53)28-49(41)64-51-33-55-35(25-48(51)63(65)58(39)59(40)64)26-54(67-55)34-13-9-8-10-14-34/h8-22,25-33H,23-24H2,1-7H3. The van der Waals surface area contributed by atoms with Crippen molar-refractivity contribution in [2.75, 3.05) is 4.81 Å². The lowest BCUT2D eigenvalue weighted by atomic mass is 9.44. The third-order valence-electron chi connectivity index (χ3n) is 16.4. The van der Waals surface area contributed by atoms with Gasteiger partial charge in [0.25, 0.3) is 0 Å². The lowest BCUT2D eigenvalue weighted by Gasteiger charge is -2.42. The first kappa shape index (κ1) is 39.4. The van der Waals surface area contributed by atoms with E-state index in [1.165, 1.54) is 131 Å². The smallest absolute Gasteiger partial charge is 0.333 e. The number of benzene rings is 8. The number of anilines is 2. The molecule has 0 saturated heterocycles. The van der Waals surface area contributed by atoms with Crippen LogP contribution in [0, 0.1) is 0 Å². The molecule has 0 amide bonds. The van der Waals surface area contributed by atoms with Gasteiger partial charge in [0.1, 0.15) is 11.2 Å².